The van der Waals surface area contributed by atoms with E-state index in [2.05, 4.69) is 25.2 Å². The first kappa shape index (κ1) is 11.8. The maximum absolute atomic E-state index is 5.99. The Morgan fingerprint density at radius 3 is 2.81 bits per heavy atom. The van der Waals surface area contributed by atoms with E-state index in [-0.39, 0.29) is 0 Å². The summed E-state index contributed by atoms with van der Waals surface area (Å²) in [7, 11) is 0. The minimum atomic E-state index is 0.599. The van der Waals surface area contributed by atoms with Crippen molar-refractivity contribution in [1.82, 2.24) is 0 Å². The maximum atomic E-state index is 5.99. The lowest BCUT2D eigenvalue weighted by molar-refractivity contribution is 0.253. The fourth-order valence-electron chi connectivity index (χ4n) is 2.58. The van der Waals surface area contributed by atoms with Crippen molar-refractivity contribution < 1.29 is 0 Å². The molecule has 2 rings (SSSR count). The number of nitrogens with one attached hydrogen (secondary N) is 1. The molecule has 0 saturated heterocycles. The number of halogens is 1. The molecule has 1 nitrogen and oxygen atoms in total. The Morgan fingerprint density at radius 1 is 1.25 bits per heavy atom. The summed E-state index contributed by atoms with van der Waals surface area (Å²) in [6, 6.07) is 8.62. The molecule has 1 aliphatic carbocycles. The lowest BCUT2D eigenvalue weighted by Gasteiger charge is -2.35. The molecule has 88 valence electrons. The molecule has 1 aromatic rings. The molecule has 0 aromatic heterocycles. The minimum Gasteiger partial charge on any atom is -0.382 e. The van der Waals surface area contributed by atoms with Crippen molar-refractivity contribution in [2.75, 3.05) is 5.32 Å². The second-order valence-electron chi connectivity index (χ2n) is 5.03. The third-order valence-corrected chi connectivity index (χ3v) is 4.12. The van der Waals surface area contributed by atoms with Crippen LogP contribution in [0.3, 0.4) is 0 Å². The Kier molecular flexibility index (Phi) is 3.75. The van der Waals surface area contributed by atoms with Crippen LogP contribution < -0.4 is 5.32 Å². The Hall–Kier alpha value is -0.690. The normalized spacial score (nSPS) is 30.1. The van der Waals surface area contributed by atoms with Crippen molar-refractivity contribution in [2.45, 2.75) is 39.2 Å². The highest BCUT2D eigenvalue weighted by molar-refractivity contribution is 6.30. The molecule has 1 saturated carbocycles. The zero-order valence-corrected chi connectivity index (χ0v) is 10.8. The number of hydrogen-bond acceptors (Lipinski definition) is 1. The fourth-order valence-corrected chi connectivity index (χ4v) is 2.77. The fraction of sp³-hybridized carbons (Fsp3) is 0.571. The van der Waals surface area contributed by atoms with Crippen LogP contribution in [0.15, 0.2) is 24.3 Å². The largest absolute Gasteiger partial charge is 0.382 e. The van der Waals surface area contributed by atoms with Gasteiger partial charge >= 0.3 is 0 Å². The molecule has 0 aliphatic heterocycles. The van der Waals surface area contributed by atoms with Crippen LogP contribution in [-0.4, -0.2) is 6.04 Å². The third kappa shape index (κ3) is 2.70. The maximum Gasteiger partial charge on any atom is 0.0426 e. The Bertz CT molecular complexity index is 350. The monoisotopic (exact) mass is 237 g/mol. The molecule has 1 fully saturated rings. The van der Waals surface area contributed by atoms with Gasteiger partial charge in [-0.2, -0.15) is 0 Å². The molecular weight excluding hydrogens is 218 g/mol. The summed E-state index contributed by atoms with van der Waals surface area (Å²) >= 11 is 5.99. The number of rotatable bonds is 2. The summed E-state index contributed by atoms with van der Waals surface area (Å²) in [4.78, 5) is 0. The van der Waals surface area contributed by atoms with Gasteiger partial charge in [-0.15, -0.1) is 0 Å². The summed E-state index contributed by atoms with van der Waals surface area (Å²) in [5.41, 5.74) is 1.15. The molecule has 16 heavy (non-hydrogen) atoms. The minimum absolute atomic E-state index is 0.599. The molecule has 2 heteroatoms. The standard InChI is InChI=1S/C14H20ClN/c1-10-5-3-8-14(11(10)2)16-13-7-4-6-12(15)9-13/h4,6-7,9-11,14,16H,3,5,8H2,1-2H3. The van der Waals surface area contributed by atoms with Crippen molar-refractivity contribution in [2.24, 2.45) is 11.8 Å². The van der Waals surface area contributed by atoms with Gasteiger partial charge in [-0.3, -0.25) is 0 Å². The molecule has 0 amide bonds. The van der Waals surface area contributed by atoms with Crippen molar-refractivity contribution >= 4 is 17.3 Å². The molecule has 0 bridgehead atoms. The molecule has 0 heterocycles. The molecular formula is C14H20ClN. The van der Waals surface area contributed by atoms with E-state index in [0.717, 1.165) is 22.5 Å². The first-order chi connectivity index (χ1) is 7.66. The molecule has 1 N–H and O–H groups in total. The van der Waals surface area contributed by atoms with Crippen LogP contribution >= 0.6 is 11.6 Å². The average molecular weight is 238 g/mol. The predicted octanol–water partition coefficient (Wildman–Crippen LogP) is 4.58. The topological polar surface area (TPSA) is 12.0 Å². The molecule has 3 unspecified atom stereocenters. The summed E-state index contributed by atoms with van der Waals surface area (Å²) in [5.74, 6) is 1.57. The van der Waals surface area contributed by atoms with Gasteiger partial charge < -0.3 is 5.32 Å². The summed E-state index contributed by atoms with van der Waals surface area (Å²) in [6.45, 7) is 4.71. The van der Waals surface area contributed by atoms with Gasteiger partial charge in [0, 0.05) is 16.8 Å². The van der Waals surface area contributed by atoms with Gasteiger partial charge in [0.05, 0.1) is 0 Å². The summed E-state index contributed by atoms with van der Waals surface area (Å²) in [6.07, 6.45) is 3.98. The quantitative estimate of drug-likeness (QED) is 0.794. The first-order valence-electron chi connectivity index (χ1n) is 6.19. The lowest BCUT2D eigenvalue weighted by Crippen LogP contribution is -2.34. The average Bonchev–Trinajstić information content (AvgIpc) is 2.25. The molecule has 1 aliphatic rings. The summed E-state index contributed by atoms with van der Waals surface area (Å²) in [5, 5.41) is 4.42. The molecule has 0 radical (unpaired) electrons. The van der Waals surface area contributed by atoms with Gasteiger partial charge in [0.15, 0.2) is 0 Å². The second kappa shape index (κ2) is 5.09. The highest BCUT2D eigenvalue weighted by Crippen LogP contribution is 2.31. The third-order valence-electron chi connectivity index (χ3n) is 3.88. The van der Waals surface area contributed by atoms with Crippen LogP contribution in [0.5, 0.6) is 0 Å². The highest BCUT2D eigenvalue weighted by atomic mass is 35.5. The molecule has 3 atom stereocenters. The van der Waals surface area contributed by atoms with Crippen molar-refractivity contribution in [1.29, 1.82) is 0 Å². The van der Waals surface area contributed by atoms with Crippen molar-refractivity contribution in [3.63, 3.8) is 0 Å². The number of anilines is 1. The number of benzene rings is 1. The van der Waals surface area contributed by atoms with Crippen LogP contribution in [0.2, 0.25) is 5.02 Å². The van der Waals surface area contributed by atoms with Gasteiger partial charge in [0.1, 0.15) is 0 Å². The van der Waals surface area contributed by atoms with Crippen molar-refractivity contribution in [3.8, 4) is 0 Å². The second-order valence-corrected chi connectivity index (χ2v) is 5.46. The van der Waals surface area contributed by atoms with Gasteiger partial charge in [-0.05, 0) is 36.5 Å². The van der Waals surface area contributed by atoms with Crippen LogP contribution in [0.25, 0.3) is 0 Å². The lowest BCUT2D eigenvalue weighted by atomic mass is 9.78. The Morgan fingerprint density at radius 2 is 2.06 bits per heavy atom. The van der Waals surface area contributed by atoms with E-state index in [1.165, 1.54) is 19.3 Å². The van der Waals surface area contributed by atoms with Crippen LogP contribution in [0.4, 0.5) is 5.69 Å². The van der Waals surface area contributed by atoms with E-state index < -0.39 is 0 Å². The van der Waals surface area contributed by atoms with E-state index in [4.69, 9.17) is 11.6 Å². The molecule has 1 aromatic carbocycles. The highest BCUT2D eigenvalue weighted by Gasteiger charge is 2.26. The van der Waals surface area contributed by atoms with Crippen molar-refractivity contribution in [3.05, 3.63) is 29.3 Å². The predicted molar refractivity (Wildman–Crippen MR) is 71.0 cm³/mol. The van der Waals surface area contributed by atoms with Crippen LogP contribution in [0, 0.1) is 11.8 Å². The first-order valence-corrected chi connectivity index (χ1v) is 6.56. The zero-order chi connectivity index (χ0) is 11.5. The smallest absolute Gasteiger partial charge is 0.0426 e. The Labute approximate surface area is 103 Å². The molecule has 0 spiro atoms. The van der Waals surface area contributed by atoms with E-state index in [9.17, 15) is 0 Å². The van der Waals surface area contributed by atoms with E-state index in [1.54, 1.807) is 0 Å². The van der Waals surface area contributed by atoms with Crippen LogP contribution in [-0.2, 0) is 0 Å². The Balaban J connectivity index is 2.03. The van der Waals surface area contributed by atoms with E-state index >= 15 is 0 Å². The van der Waals surface area contributed by atoms with E-state index in [0.29, 0.717) is 6.04 Å². The van der Waals surface area contributed by atoms with Gasteiger partial charge in [-0.1, -0.05) is 44.4 Å². The number of hydrogen-bond donors (Lipinski definition) is 1. The SMILES string of the molecule is CC1CCCC(Nc2cccc(Cl)c2)C1C. The van der Waals surface area contributed by atoms with Gasteiger partial charge in [0.2, 0.25) is 0 Å². The van der Waals surface area contributed by atoms with E-state index in [1.807, 2.05) is 18.2 Å². The van der Waals surface area contributed by atoms with Gasteiger partial charge in [-0.25, -0.2) is 0 Å². The van der Waals surface area contributed by atoms with Crippen LogP contribution in [0.1, 0.15) is 33.1 Å². The zero-order valence-electron chi connectivity index (χ0n) is 10.0. The summed E-state index contributed by atoms with van der Waals surface area (Å²) < 4.78 is 0. The van der Waals surface area contributed by atoms with Gasteiger partial charge in [0.25, 0.3) is 0 Å².